The molecule has 4 N–H and O–H groups in total. The number of nitrogens with zero attached hydrogens (tertiary/aromatic N) is 2. The second-order valence-electron chi connectivity index (χ2n) is 0.447. The van der Waals surface area contributed by atoms with Crippen molar-refractivity contribution in [3.8, 4) is 0 Å². The Kier molecular flexibility index (Phi) is 68.3. The average Bonchev–Trinajstić information content (AvgIpc) is 1.25. The van der Waals surface area contributed by atoms with Crippen LogP contribution in [-0.4, -0.2) is 21.1 Å². The Bertz CT molecular complexity index is 70.1. The largest absolute Gasteiger partial charge is 2.00 e. The van der Waals surface area contributed by atoms with Crippen molar-refractivity contribution in [2.75, 3.05) is 0 Å². The Morgan fingerprint density at radius 3 is 0.727 bits per heavy atom. The van der Waals surface area contributed by atoms with Crippen molar-refractivity contribution in [2.24, 2.45) is 0 Å². The summed E-state index contributed by atoms with van der Waals surface area (Å²) in [6, 6.07) is 0. The molecule has 11 heavy (non-hydrogen) atoms. The van der Waals surface area contributed by atoms with Crippen LogP contribution in [0.5, 0.6) is 0 Å². The quantitative estimate of drug-likeness (QED) is 0.256. The molecule has 0 aromatic rings. The minimum atomic E-state index is -1.75. The van der Waals surface area contributed by atoms with E-state index < -0.39 is 10.2 Å². The van der Waals surface area contributed by atoms with Crippen LogP contribution in [0.2, 0.25) is 0 Å². The maximum absolute atomic E-state index is 8.25. The Balaban J connectivity index is -0.0000000171. The molecule has 64 valence electrons. The fourth-order valence-electron chi connectivity index (χ4n) is 0. The molecule has 0 bridgehead atoms. The molecule has 0 saturated carbocycles. The molecular formula is H4N2O8Zn. The SMILES string of the molecule is O.O.O=[N+]([O-])[O-].O=[N+]([O-])[O-].[Zn+2]. The molecule has 0 unspecified atom stereocenters. The van der Waals surface area contributed by atoms with Crippen molar-refractivity contribution >= 4 is 0 Å². The van der Waals surface area contributed by atoms with Gasteiger partial charge in [-0.05, 0) is 0 Å². The second-order valence-corrected chi connectivity index (χ2v) is 0.447. The Morgan fingerprint density at radius 2 is 0.727 bits per heavy atom. The maximum Gasteiger partial charge on any atom is 2.00 e. The van der Waals surface area contributed by atoms with Crippen molar-refractivity contribution in [1.82, 2.24) is 0 Å². The van der Waals surface area contributed by atoms with Crippen LogP contribution in [-0.2, 0) is 19.5 Å². The maximum atomic E-state index is 8.25. The van der Waals surface area contributed by atoms with Gasteiger partial charge in [0.05, 0.1) is 10.2 Å². The van der Waals surface area contributed by atoms with Crippen LogP contribution >= 0.6 is 0 Å². The molecule has 0 aliphatic carbocycles. The van der Waals surface area contributed by atoms with E-state index in [2.05, 4.69) is 0 Å². The standard InChI is InChI=1S/2NO3.2H2O.Zn/c2*2-1(3)4;;;/h;;2*1H2;/q2*-1;;;+2. The van der Waals surface area contributed by atoms with E-state index in [0.717, 1.165) is 0 Å². The van der Waals surface area contributed by atoms with Crippen LogP contribution in [0, 0.1) is 30.6 Å². The monoisotopic (exact) mass is 224 g/mol. The molecule has 0 radical (unpaired) electrons. The Labute approximate surface area is 72.0 Å². The van der Waals surface area contributed by atoms with Gasteiger partial charge in [-0.1, -0.05) is 0 Å². The molecule has 0 fully saturated rings. The van der Waals surface area contributed by atoms with E-state index in [4.69, 9.17) is 30.6 Å². The Hall–Kier alpha value is -1.06. The molecule has 11 heteroatoms. The van der Waals surface area contributed by atoms with E-state index in [1.807, 2.05) is 0 Å². The van der Waals surface area contributed by atoms with E-state index in [1.54, 1.807) is 0 Å². The minimum absolute atomic E-state index is 0. The third kappa shape index (κ3) is 386. The van der Waals surface area contributed by atoms with Crippen LogP contribution in [0.15, 0.2) is 0 Å². The van der Waals surface area contributed by atoms with Crippen molar-refractivity contribution in [3.63, 3.8) is 0 Å². The van der Waals surface area contributed by atoms with E-state index in [-0.39, 0.29) is 30.4 Å². The van der Waals surface area contributed by atoms with E-state index >= 15 is 0 Å². The molecule has 0 saturated heterocycles. The first-order chi connectivity index (χ1) is 3.46. The molecule has 0 aromatic carbocycles. The van der Waals surface area contributed by atoms with Crippen molar-refractivity contribution in [3.05, 3.63) is 30.6 Å². The zero-order valence-electron chi connectivity index (χ0n) is 5.05. The van der Waals surface area contributed by atoms with Crippen molar-refractivity contribution < 1.29 is 40.6 Å². The first kappa shape index (κ1) is 32.5. The van der Waals surface area contributed by atoms with Gasteiger partial charge in [0.2, 0.25) is 0 Å². The summed E-state index contributed by atoms with van der Waals surface area (Å²) in [5.74, 6) is 0. The molecule has 0 heterocycles. The van der Waals surface area contributed by atoms with Gasteiger partial charge in [0.1, 0.15) is 0 Å². The van der Waals surface area contributed by atoms with Gasteiger partial charge in [0.15, 0.2) is 0 Å². The molecule has 0 aromatic heterocycles. The van der Waals surface area contributed by atoms with Crippen LogP contribution in [0.3, 0.4) is 0 Å². The molecular weight excluding hydrogens is 221 g/mol. The molecule has 0 amide bonds. The zero-order chi connectivity index (χ0) is 7.15. The van der Waals surface area contributed by atoms with E-state index in [9.17, 15) is 0 Å². The van der Waals surface area contributed by atoms with Crippen molar-refractivity contribution in [2.45, 2.75) is 0 Å². The first-order valence-electron chi connectivity index (χ1n) is 1.10. The van der Waals surface area contributed by atoms with Gasteiger partial charge < -0.3 is 41.6 Å². The van der Waals surface area contributed by atoms with Gasteiger partial charge >= 0.3 is 19.5 Å². The summed E-state index contributed by atoms with van der Waals surface area (Å²) in [6.07, 6.45) is 0. The fraction of sp³-hybridized carbons (Fsp3) is 0. The third-order valence-corrected chi connectivity index (χ3v) is 0. The summed E-state index contributed by atoms with van der Waals surface area (Å²) in [5.41, 5.74) is 0. The predicted octanol–water partition coefficient (Wildman–Crippen LogP) is -2.13. The predicted molar refractivity (Wildman–Crippen MR) is 28.0 cm³/mol. The summed E-state index contributed by atoms with van der Waals surface area (Å²) < 4.78 is 0. The molecule has 0 spiro atoms. The minimum Gasteiger partial charge on any atom is -0.412 e. The van der Waals surface area contributed by atoms with Crippen LogP contribution in [0.4, 0.5) is 0 Å². The van der Waals surface area contributed by atoms with E-state index in [0.29, 0.717) is 0 Å². The second kappa shape index (κ2) is 23.1. The van der Waals surface area contributed by atoms with E-state index in [1.165, 1.54) is 0 Å². The van der Waals surface area contributed by atoms with Crippen LogP contribution in [0.25, 0.3) is 0 Å². The van der Waals surface area contributed by atoms with Crippen LogP contribution < -0.4 is 0 Å². The molecule has 10 nitrogen and oxygen atoms in total. The Morgan fingerprint density at radius 1 is 0.727 bits per heavy atom. The van der Waals surface area contributed by atoms with Crippen LogP contribution in [0.1, 0.15) is 0 Å². The molecule has 0 rings (SSSR count). The molecule has 0 aliphatic heterocycles. The normalized spacial score (nSPS) is 4.36. The summed E-state index contributed by atoms with van der Waals surface area (Å²) >= 11 is 0. The molecule has 0 aliphatic rings. The summed E-state index contributed by atoms with van der Waals surface area (Å²) in [5, 5.41) is 29.5. The van der Waals surface area contributed by atoms with Gasteiger partial charge in [-0.25, -0.2) is 0 Å². The van der Waals surface area contributed by atoms with Gasteiger partial charge in [-0.3, -0.25) is 0 Å². The first-order valence-corrected chi connectivity index (χ1v) is 1.10. The van der Waals surface area contributed by atoms with Gasteiger partial charge in [0, 0.05) is 0 Å². The summed E-state index contributed by atoms with van der Waals surface area (Å²) in [7, 11) is 0. The zero-order valence-corrected chi connectivity index (χ0v) is 8.02. The van der Waals surface area contributed by atoms with Gasteiger partial charge in [0.25, 0.3) is 0 Å². The van der Waals surface area contributed by atoms with Crippen molar-refractivity contribution in [1.29, 1.82) is 0 Å². The number of hydrogen-bond acceptors (Lipinski definition) is 6. The van der Waals surface area contributed by atoms with Gasteiger partial charge in [-0.2, -0.15) is 0 Å². The third-order valence-electron chi connectivity index (χ3n) is 0. The number of rotatable bonds is 0. The smallest absolute Gasteiger partial charge is 0.412 e. The molecule has 0 atom stereocenters. The summed E-state index contributed by atoms with van der Waals surface area (Å²) in [6.45, 7) is 0. The topological polar surface area (TPSA) is 195 Å². The average molecular weight is 225 g/mol. The summed E-state index contributed by atoms with van der Waals surface area (Å²) in [4.78, 5) is 16.5. The number of hydrogen-bond donors (Lipinski definition) is 0. The fourth-order valence-corrected chi connectivity index (χ4v) is 0. The van der Waals surface area contributed by atoms with Gasteiger partial charge in [-0.15, -0.1) is 0 Å².